The van der Waals surface area contributed by atoms with Crippen molar-refractivity contribution < 1.29 is 24.5 Å². The minimum absolute atomic E-state index is 0.255. The lowest BCUT2D eigenvalue weighted by molar-refractivity contribution is -0.143. The average molecular weight is 330 g/mol. The summed E-state index contributed by atoms with van der Waals surface area (Å²) in [6, 6.07) is 8.52. The number of benzene rings is 1. The second-order valence-electron chi connectivity index (χ2n) is 5.84. The Hall–Kier alpha value is -3.09. The number of rotatable bonds is 5. The quantitative estimate of drug-likeness (QED) is 0.777. The second-order valence-corrected chi connectivity index (χ2v) is 5.84. The fraction of sp³-hybridized carbons (Fsp3) is 0.235. The number of aromatic hydroxyl groups is 1. The van der Waals surface area contributed by atoms with E-state index >= 15 is 0 Å². The largest absolute Gasteiger partial charge is 0.505 e. The standard InChI is InChI=1S/C17H18N2O5/c1-10-4-6-11(7-5-10)24-12-8-13(20)14(18-9-12)15(21)19-17(2,3)16(22)23/h4-9,20H,1-3H3,(H,19,21)(H,22,23). The Morgan fingerprint density at radius 2 is 1.79 bits per heavy atom. The summed E-state index contributed by atoms with van der Waals surface area (Å²) in [6.45, 7) is 4.61. The molecule has 1 aromatic heterocycles. The predicted molar refractivity (Wildman–Crippen MR) is 86.3 cm³/mol. The number of carbonyl (C=O) groups excluding carboxylic acids is 1. The van der Waals surface area contributed by atoms with E-state index in [9.17, 15) is 14.7 Å². The van der Waals surface area contributed by atoms with Crippen LogP contribution in [0, 0.1) is 6.92 Å². The first-order valence-corrected chi connectivity index (χ1v) is 7.18. The number of hydrogen-bond acceptors (Lipinski definition) is 5. The van der Waals surface area contributed by atoms with Crippen LogP contribution in [0.2, 0.25) is 0 Å². The molecule has 0 radical (unpaired) electrons. The number of aromatic nitrogens is 1. The molecule has 0 bridgehead atoms. The first-order chi connectivity index (χ1) is 11.2. The Morgan fingerprint density at radius 3 is 2.33 bits per heavy atom. The van der Waals surface area contributed by atoms with E-state index < -0.39 is 23.2 Å². The van der Waals surface area contributed by atoms with Crippen LogP contribution in [0.15, 0.2) is 36.5 Å². The van der Waals surface area contributed by atoms with E-state index in [-0.39, 0.29) is 11.4 Å². The maximum atomic E-state index is 12.1. The van der Waals surface area contributed by atoms with Crippen LogP contribution < -0.4 is 10.1 Å². The molecule has 3 N–H and O–H groups in total. The molecule has 0 atom stereocenters. The number of nitrogens with zero attached hydrogens (tertiary/aromatic N) is 1. The van der Waals surface area contributed by atoms with Gasteiger partial charge in [0.25, 0.3) is 5.91 Å². The number of aryl methyl sites for hydroxylation is 1. The molecule has 0 saturated heterocycles. The van der Waals surface area contributed by atoms with Crippen LogP contribution in [-0.2, 0) is 4.79 Å². The third-order valence-electron chi connectivity index (χ3n) is 3.27. The molecule has 1 aromatic carbocycles. The van der Waals surface area contributed by atoms with Gasteiger partial charge in [-0.1, -0.05) is 17.7 Å². The summed E-state index contributed by atoms with van der Waals surface area (Å²) in [5.41, 5.74) is -0.681. The number of aliphatic carboxylic acids is 1. The van der Waals surface area contributed by atoms with Crippen LogP contribution in [0.3, 0.4) is 0 Å². The molecule has 0 fully saturated rings. The Bertz CT molecular complexity index is 769. The Labute approximate surface area is 138 Å². The zero-order chi connectivity index (χ0) is 17.9. The highest BCUT2D eigenvalue weighted by atomic mass is 16.5. The van der Waals surface area contributed by atoms with Crippen molar-refractivity contribution in [3.05, 3.63) is 47.8 Å². The lowest BCUT2D eigenvalue weighted by Gasteiger charge is -2.20. The van der Waals surface area contributed by atoms with E-state index in [0.717, 1.165) is 5.56 Å². The maximum Gasteiger partial charge on any atom is 0.328 e. The third kappa shape index (κ3) is 4.01. The molecule has 1 heterocycles. The molecular formula is C17H18N2O5. The highest BCUT2D eigenvalue weighted by Crippen LogP contribution is 2.26. The number of nitrogens with one attached hydrogen (secondary N) is 1. The van der Waals surface area contributed by atoms with Gasteiger partial charge in [0.05, 0.1) is 6.20 Å². The minimum Gasteiger partial charge on any atom is -0.505 e. The van der Waals surface area contributed by atoms with E-state index in [2.05, 4.69) is 10.3 Å². The van der Waals surface area contributed by atoms with Gasteiger partial charge in [0.15, 0.2) is 11.4 Å². The SMILES string of the molecule is Cc1ccc(Oc2cnc(C(=O)NC(C)(C)C(=O)O)c(O)c2)cc1. The zero-order valence-corrected chi connectivity index (χ0v) is 13.5. The molecule has 126 valence electrons. The fourth-order valence-corrected chi connectivity index (χ4v) is 1.80. The molecule has 0 aliphatic heterocycles. The topological polar surface area (TPSA) is 109 Å². The summed E-state index contributed by atoms with van der Waals surface area (Å²) in [5.74, 6) is -1.58. The fourth-order valence-electron chi connectivity index (χ4n) is 1.80. The molecule has 2 aromatic rings. The van der Waals surface area contributed by atoms with Gasteiger partial charge in [-0.25, -0.2) is 9.78 Å². The summed E-state index contributed by atoms with van der Waals surface area (Å²) < 4.78 is 5.54. The lowest BCUT2D eigenvalue weighted by Crippen LogP contribution is -2.49. The van der Waals surface area contributed by atoms with Gasteiger partial charge in [-0.3, -0.25) is 4.79 Å². The van der Waals surface area contributed by atoms with Crippen molar-refractivity contribution >= 4 is 11.9 Å². The van der Waals surface area contributed by atoms with Gasteiger partial charge in [-0.15, -0.1) is 0 Å². The van der Waals surface area contributed by atoms with Gasteiger partial charge in [-0.05, 0) is 32.9 Å². The average Bonchev–Trinajstić information content (AvgIpc) is 2.49. The smallest absolute Gasteiger partial charge is 0.328 e. The first kappa shape index (κ1) is 17.3. The molecule has 1 amide bonds. The van der Waals surface area contributed by atoms with Gasteiger partial charge >= 0.3 is 5.97 Å². The van der Waals surface area contributed by atoms with E-state index in [4.69, 9.17) is 9.84 Å². The summed E-state index contributed by atoms with van der Waals surface area (Å²) in [7, 11) is 0. The van der Waals surface area contributed by atoms with Gasteiger partial charge in [-0.2, -0.15) is 0 Å². The minimum atomic E-state index is -1.48. The molecule has 0 saturated carbocycles. The molecule has 7 nitrogen and oxygen atoms in total. The van der Waals surface area contributed by atoms with Crippen molar-refractivity contribution in [2.75, 3.05) is 0 Å². The van der Waals surface area contributed by atoms with Crippen LogP contribution >= 0.6 is 0 Å². The lowest BCUT2D eigenvalue weighted by atomic mass is 10.1. The molecule has 7 heteroatoms. The van der Waals surface area contributed by atoms with Crippen LogP contribution in [0.1, 0.15) is 29.9 Å². The molecule has 24 heavy (non-hydrogen) atoms. The number of amides is 1. The van der Waals surface area contributed by atoms with Crippen molar-refractivity contribution in [2.45, 2.75) is 26.3 Å². The molecule has 0 aliphatic carbocycles. The summed E-state index contributed by atoms with van der Waals surface area (Å²) in [6.07, 6.45) is 1.28. The van der Waals surface area contributed by atoms with Gasteiger partial charge in [0, 0.05) is 6.07 Å². The van der Waals surface area contributed by atoms with Gasteiger partial charge in [0.1, 0.15) is 17.0 Å². The van der Waals surface area contributed by atoms with Crippen LogP contribution in [-0.4, -0.2) is 32.6 Å². The van der Waals surface area contributed by atoms with Crippen LogP contribution in [0.25, 0.3) is 0 Å². The van der Waals surface area contributed by atoms with Crippen LogP contribution in [0.4, 0.5) is 0 Å². The number of hydrogen-bond donors (Lipinski definition) is 3. The Morgan fingerprint density at radius 1 is 1.17 bits per heavy atom. The number of carboxylic acids is 1. The maximum absolute atomic E-state index is 12.1. The zero-order valence-electron chi connectivity index (χ0n) is 13.5. The van der Waals surface area contributed by atoms with Crippen molar-refractivity contribution in [3.63, 3.8) is 0 Å². The Kier molecular flexibility index (Phi) is 4.73. The van der Waals surface area contributed by atoms with Crippen molar-refractivity contribution in [1.29, 1.82) is 0 Å². The predicted octanol–water partition coefficient (Wildman–Crippen LogP) is 2.48. The van der Waals surface area contributed by atoms with Crippen LogP contribution in [0.5, 0.6) is 17.2 Å². The second kappa shape index (κ2) is 6.57. The molecule has 0 unspecified atom stereocenters. The van der Waals surface area contributed by atoms with Crippen molar-refractivity contribution in [2.24, 2.45) is 0 Å². The number of carboxylic acid groups (broad SMARTS) is 1. The van der Waals surface area contributed by atoms with E-state index in [1.807, 2.05) is 19.1 Å². The van der Waals surface area contributed by atoms with E-state index in [0.29, 0.717) is 5.75 Å². The van der Waals surface area contributed by atoms with Gasteiger partial charge < -0.3 is 20.3 Å². The summed E-state index contributed by atoms with van der Waals surface area (Å²) in [5, 5.41) is 21.3. The van der Waals surface area contributed by atoms with E-state index in [1.165, 1.54) is 26.1 Å². The number of carbonyl (C=O) groups is 2. The molecule has 2 rings (SSSR count). The molecule has 0 aliphatic rings. The first-order valence-electron chi connectivity index (χ1n) is 7.18. The summed E-state index contributed by atoms with van der Waals surface area (Å²) >= 11 is 0. The highest BCUT2D eigenvalue weighted by molar-refractivity contribution is 5.98. The molecule has 0 spiro atoms. The van der Waals surface area contributed by atoms with Gasteiger partial charge in [0.2, 0.25) is 0 Å². The normalized spacial score (nSPS) is 11.0. The number of pyridine rings is 1. The number of ether oxygens (including phenoxy) is 1. The highest BCUT2D eigenvalue weighted by Gasteiger charge is 2.30. The van der Waals surface area contributed by atoms with E-state index in [1.54, 1.807) is 12.1 Å². The Balaban J connectivity index is 2.16. The van der Waals surface area contributed by atoms with Crippen molar-refractivity contribution in [1.82, 2.24) is 10.3 Å². The monoisotopic (exact) mass is 330 g/mol. The molecular weight excluding hydrogens is 312 g/mol. The summed E-state index contributed by atoms with van der Waals surface area (Å²) in [4.78, 5) is 26.9. The third-order valence-corrected chi connectivity index (χ3v) is 3.27. The van der Waals surface area contributed by atoms with Crippen molar-refractivity contribution in [3.8, 4) is 17.2 Å².